The first-order chi connectivity index (χ1) is 67.3. The molecule has 38 heteroatoms. The lowest BCUT2D eigenvalue weighted by molar-refractivity contribution is -0.138. The Morgan fingerprint density at radius 1 is 0.510 bits per heavy atom. The van der Waals surface area contributed by atoms with Gasteiger partial charge in [0.2, 0.25) is 0 Å². The first-order valence-corrected chi connectivity index (χ1v) is 51.0. The Hall–Kier alpha value is -9.99. The van der Waals surface area contributed by atoms with Gasteiger partial charge in [0.05, 0.1) is 111 Å². The molecule has 3 heterocycles. The van der Waals surface area contributed by atoms with E-state index in [1.54, 1.807) is 75.2 Å². The number of halogens is 16. The quantitative estimate of drug-likeness (QED) is 0.0126. The van der Waals surface area contributed by atoms with Crippen LogP contribution in [0, 0.1) is 13.8 Å². The number of aromatic nitrogens is 2. The summed E-state index contributed by atoms with van der Waals surface area (Å²) >= 11 is 12.3. The van der Waals surface area contributed by atoms with Gasteiger partial charge < -0.3 is 63.6 Å². The Kier molecular flexibility index (Phi) is 47.5. The minimum atomic E-state index is -4.49. The van der Waals surface area contributed by atoms with Crippen molar-refractivity contribution in [2.45, 2.75) is 166 Å². The van der Waals surface area contributed by atoms with Crippen LogP contribution in [0.25, 0.3) is 21.8 Å². The molecule has 0 radical (unpaired) electrons. The first kappa shape index (κ1) is 120. The van der Waals surface area contributed by atoms with Crippen molar-refractivity contribution in [3.05, 3.63) is 353 Å². The molecule has 772 valence electrons. The smallest absolute Gasteiger partial charge is 0.387 e. The number of hydrogen-bond donors (Lipinski definition) is 4. The summed E-state index contributed by atoms with van der Waals surface area (Å²) in [5, 5.41) is 5.96. The Labute approximate surface area is 859 Å². The van der Waals surface area contributed by atoms with E-state index in [1.165, 1.54) is 36.4 Å². The van der Waals surface area contributed by atoms with Gasteiger partial charge in [-0.2, -0.15) is 61.1 Å². The predicted molar refractivity (Wildman–Crippen MR) is 551 cm³/mol. The van der Waals surface area contributed by atoms with E-state index in [0.29, 0.717) is 115 Å². The van der Waals surface area contributed by atoms with Crippen LogP contribution >= 0.6 is 72.3 Å². The number of carbonyl (C=O) groups excluding carboxylic acids is 3. The van der Waals surface area contributed by atoms with Crippen LogP contribution in [0.3, 0.4) is 0 Å². The summed E-state index contributed by atoms with van der Waals surface area (Å²) in [6.07, 6.45) is -11.6. The number of rotatable bonds is 34. The zero-order valence-electron chi connectivity index (χ0n) is 80.5. The van der Waals surface area contributed by atoms with Crippen LogP contribution in [0.4, 0.5) is 64.1 Å². The van der Waals surface area contributed by atoms with Gasteiger partial charge in [-0.25, -0.2) is 0 Å². The van der Waals surface area contributed by atoms with E-state index in [-0.39, 0.29) is 89.1 Å². The number of anilines is 2. The van der Waals surface area contributed by atoms with E-state index in [0.717, 1.165) is 105 Å². The van der Waals surface area contributed by atoms with Gasteiger partial charge in [-0.15, -0.1) is 0 Å². The van der Waals surface area contributed by atoms with Crippen LogP contribution in [0.2, 0.25) is 0 Å². The molecule has 20 nitrogen and oxygen atoms in total. The molecule has 5 N–H and O–H groups in total. The number of benzene rings is 10. The number of ether oxygens (including phenoxy) is 6. The van der Waals surface area contributed by atoms with Crippen molar-refractivity contribution in [2.24, 2.45) is 19.8 Å². The van der Waals surface area contributed by atoms with E-state index in [2.05, 4.69) is 100 Å². The zero-order valence-corrected chi connectivity index (χ0v) is 88.7. The summed E-state index contributed by atoms with van der Waals surface area (Å²) in [5.74, 6) is -0.968. The summed E-state index contributed by atoms with van der Waals surface area (Å²) < 4.78 is 223. The van der Waals surface area contributed by atoms with Crippen LogP contribution in [-0.4, -0.2) is 112 Å². The van der Waals surface area contributed by atoms with Gasteiger partial charge in [-0.1, -0.05) is 178 Å². The van der Waals surface area contributed by atoms with Crippen LogP contribution in [0.1, 0.15) is 159 Å². The molecule has 0 bridgehead atoms. The van der Waals surface area contributed by atoms with Crippen molar-refractivity contribution in [1.29, 1.82) is 0 Å². The number of hydrogen-bond acceptors (Lipinski definition) is 15. The van der Waals surface area contributed by atoms with Crippen molar-refractivity contribution in [1.82, 2.24) is 14.5 Å². The second kappa shape index (κ2) is 56.6. The fourth-order valence-corrected chi connectivity index (χ4v) is 18.1. The number of nitrogens with two attached hydrogens (primary N) is 1. The Morgan fingerprint density at radius 3 is 1.31 bits per heavy atom. The second-order valence-corrected chi connectivity index (χ2v) is 39.8. The lowest BCUT2D eigenvalue weighted by Crippen LogP contribution is -2.61. The number of pyridine rings is 2. The Bertz CT molecular complexity index is 6380. The van der Waals surface area contributed by atoms with Gasteiger partial charge in [0.15, 0.2) is 10.9 Å². The number of primary amides is 1. The maximum absolute atomic E-state index is 13.2. The molecular weight excluding hydrogens is 2180 g/mol. The number of alkyl halides is 12. The van der Waals surface area contributed by atoms with Gasteiger partial charge in [0.25, 0.3) is 21.9 Å². The Balaban J connectivity index is 0.000000232. The van der Waals surface area contributed by atoms with Gasteiger partial charge in [0.1, 0.15) is 11.4 Å². The molecule has 10 aromatic carbocycles. The molecule has 1 aliphatic rings. The molecule has 0 saturated carbocycles. The molecule has 13 rings (SSSR count). The fraction of sp³-hybridized carbons (Fsp3) is 0.343. The highest BCUT2D eigenvalue weighted by molar-refractivity contribution is 9.11. The molecule has 3 atom stereocenters. The van der Waals surface area contributed by atoms with E-state index < -0.39 is 74.6 Å². The highest BCUT2D eigenvalue weighted by Gasteiger charge is 2.42. The number of aryl methyl sites for hydroxylation is 4. The zero-order chi connectivity index (χ0) is 106. The van der Waals surface area contributed by atoms with Gasteiger partial charge >= 0.3 is 24.7 Å². The molecule has 2 aromatic heterocycles. The maximum atomic E-state index is 13.2. The summed E-state index contributed by atoms with van der Waals surface area (Å²) in [5.41, 5.74) is 9.85. The number of methoxy groups -OCH3 is 1. The monoisotopic (exact) mass is 2290 g/mol. The van der Waals surface area contributed by atoms with Crippen molar-refractivity contribution >= 4 is 133 Å². The first-order valence-electron chi connectivity index (χ1n) is 44.8. The number of Topliss-reactive ketones (excluding diaryl/α,β-unsaturated/α-hetero) is 1. The minimum absolute atomic E-state index is 0.00417. The van der Waals surface area contributed by atoms with Crippen LogP contribution in [0.5, 0.6) is 0 Å². The van der Waals surface area contributed by atoms with E-state index in [1.807, 2.05) is 146 Å². The highest BCUT2D eigenvalue weighted by Crippen LogP contribution is 2.44. The normalized spacial score (nSPS) is 13.5. The number of amides is 2. The molecule has 1 aliphatic heterocycles. The van der Waals surface area contributed by atoms with Crippen molar-refractivity contribution in [2.75, 3.05) is 71.1 Å². The summed E-state index contributed by atoms with van der Waals surface area (Å²) in [6, 6.07) is 64.6. The predicted octanol–water partition coefficient (Wildman–Crippen LogP) is 26.3. The van der Waals surface area contributed by atoms with Crippen LogP contribution in [-0.2, 0) is 128 Å². The third-order valence-corrected chi connectivity index (χ3v) is 27.6. The molecule has 143 heavy (non-hydrogen) atoms. The maximum Gasteiger partial charge on any atom is 0.416 e. The number of nitrogens with zero attached hydrogens (tertiary/aromatic N) is 3. The van der Waals surface area contributed by atoms with Crippen molar-refractivity contribution in [3.8, 4) is 0 Å². The highest BCUT2D eigenvalue weighted by atomic mass is 79.9. The molecule has 0 fully saturated rings. The number of carbonyl (C=O) groups is 3. The molecular formula is C105H115Br4F12N6O14PS. The van der Waals surface area contributed by atoms with Gasteiger partial charge in [-0.05, 0) is 238 Å². The van der Waals surface area contributed by atoms with Gasteiger partial charge in [0, 0.05) is 121 Å². The van der Waals surface area contributed by atoms with Crippen LogP contribution in [0.15, 0.2) is 263 Å². The third kappa shape index (κ3) is 38.1. The molecule has 0 spiro atoms. The lowest BCUT2D eigenvalue weighted by Gasteiger charge is -2.45. The fourth-order valence-electron chi connectivity index (χ4n) is 14.4. The number of nitrogens with one attached hydrogen (secondary N) is 2. The summed E-state index contributed by atoms with van der Waals surface area (Å²) in [7, 11) is 5.02. The van der Waals surface area contributed by atoms with Crippen LogP contribution < -0.4 is 32.1 Å². The van der Waals surface area contributed by atoms with Crippen molar-refractivity contribution in [3.63, 3.8) is 0 Å². The summed E-state index contributed by atoms with van der Waals surface area (Å²) in [6.45, 7) is 16.9. The lowest BCUT2D eigenvalue weighted by atomic mass is 9.96. The number of fused-ring (bicyclic) bond motifs is 3. The standard InChI is InChI=1S/C21H22BrF3N2O2.2C21H19BrF3NO2.C14H23O2P.C12H16O2.C9H8BrF3N2O.C7H8O3S/c1-20(9-6-10-29-13-14-7-4-3-5-8-14)26-19(28)18-16(22)11-15(21(23,24)25)12-17(18)27(20)2;1-13-16(8-9-28-12-14-6-4-3-5-7-14)20(27)19-17(22)10-15(21(23,24)25)11-18(19)26(13)2;1-26-16(8-5-9-28-13-14-6-3-2-4-7-14)12-19(27)20-17(22)10-15(11-18(20)26)21(23,24)25;1-14(15-2,17-3)10-7-11-16-12-13-8-5-4-6-9-13;1-11(13)6-5-9-14-10-12-7-3-2-4-8-12;1-15-6-3-4(9(11,12)13)2-5(10)7(6)8(14)16;1-6-2-4-7(5-3-6)11(8,9)10/h3-5,7-8,11-12H,6,9-10,13H2,1-2H3,(H,26,28);3-7,10-11H,8-9,12H2,1-2H3;2-4,6-7,10-12H,5,8-9,13H2,1H3;4-6,8-9,17H,7,10-12H2,1-3H3;2-4,7-8H,5-6,9-10H2,1H3;2-3,15H,1H3,(H2,14,16);2-5H,1H3,(H,8,9,10). The average Bonchev–Trinajstić information content (AvgIpc) is 0.748. The largest absolute Gasteiger partial charge is 0.416 e. The van der Waals surface area contributed by atoms with E-state index >= 15 is 0 Å². The Morgan fingerprint density at radius 2 is 0.902 bits per heavy atom. The number of ketones is 1. The molecule has 0 aliphatic carbocycles. The van der Waals surface area contributed by atoms with Gasteiger partial charge in [-0.3, -0.25) is 23.7 Å². The molecule has 12 aromatic rings. The molecule has 3 unspecified atom stereocenters. The van der Waals surface area contributed by atoms with Crippen molar-refractivity contribution < 1.29 is 108 Å². The van der Waals surface area contributed by atoms with E-state index in [9.17, 15) is 85.1 Å². The molecule has 0 saturated heterocycles. The van der Waals surface area contributed by atoms with E-state index in [4.69, 9.17) is 38.7 Å². The average molecular weight is 2300 g/mol. The molecule has 2 amide bonds. The third-order valence-electron chi connectivity index (χ3n) is 22.8. The topological polar surface area (TPSA) is 258 Å². The SMILES string of the molecule is CC(=O)CCCOCc1ccccc1.CN1c2cc(C(F)(F)F)cc(Br)c2C(=O)NC1(C)CCCOCc1ccccc1.CNc1cc(C(F)(F)F)cc(Br)c1C(N)=O.COC(C)(CCCOCc1ccccc1)PC.Cc1c(CCOCc2ccccc2)c(=O)c2c(Br)cc(C(F)(F)F)cc2n1C.Cc1ccc(S(=O)(=O)O)cc1.Cn1c(CCCOCc2ccccc2)cc(=O)c2c(Br)cc(C(F)(F)F)cc21. The minimum Gasteiger partial charge on any atom is -0.387 e. The summed E-state index contributed by atoms with van der Waals surface area (Å²) in [4.78, 5) is 61.3. The second-order valence-electron chi connectivity index (χ2n) is 33.4.